The zero-order chi connectivity index (χ0) is 27.5. The van der Waals surface area contributed by atoms with E-state index in [0.717, 1.165) is 14.2 Å². The number of benzene rings is 3. The minimum Gasteiger partial charge on any atom is -0.325 e. The molecule has 1 amide bonds. The topological polar surface area (TPSA) is 116 Å². The van der Waals surface area contributed by atoms with Crippen molar-refractivity contribution >= 4 is 54.8 Å². The van der Waals surface area contributed by atoms with Crippen LogP contribution in [0.5, 0.6) is 0 Å². The number of nitrogens with one attached hydrogen (secondary N) is 2. The molecule has 3 rings (SSSR count). The number of hydrogen-bond acceptors (Lipinski definition) is 5. The Hall–Kier alpha value is -3.12. The average molecular weight is 565 g/mol. The van der Waals surface area contributed by atoms with Crippen LogP contribution in [0, 0.1) is 20.8 Å². The van der Waals surface area contributed by atoms with Crippen LogP contribution in [0.25, 0.3) is 0 Å². The van der Waals surface area contributed by atoms with Crippen LogP contribution in [0.1, 0.15) is 16.7 Å². The van der Waals surface area contributed by atoms with Crippen LogP contribution in [0.2, 0.25) is 5.02 Å². The fourth-order valence-electron chi connectivity index (χ4n) is 3.43. The molecule has 0 heterocycles. The third kappa shape index (κ3) is 6.80. The van der Waals surface area contributed by atoms with Crippen molar-refractivity contribution < 1.29 is 21.6 Å². The normalized spacial score (nSPS) is 11.9. The van der Waals surface area contributed by atoms with Gasteiger partial charge in [-0.25, -0.2) is 12.7 Å². The fourth-order valence-corrected chi connectivity index (χ4v) is 5.85. The largest absolute Gasteiger partial charge is 0.325 e. The van der Waals surface area contributed by atoms with Crippen molar-refractivity contribution in [1.29, 1.82) is 0 Å². The standard InChI is InChI=1S/C25H29ClN4O5S2/c1-17-6-7-19(3)24(14-17)30(37(34,35)29(4)5)16-25(31)27-21-10-12-22(13-11-21)36(32,33)28-23-15-20(26)9-8-18(23)2/h6-15,28H,16H2,1-5H3,(H,27,31). The molecule has 0 saturated carbocycles. The second-order valence-corrected chi connectivity index (χ2v) is 12.9. The highest BCUT2D eigenvalue weighted by Crippen LogP contribution is 2.26. The van der Waals surface area contributed by atoms with Crippen molar-refractivity contribution in [1.82, 2.24) is 4.31 Å². The number of anilines is 3. The molecule has 0 aliphatic heterocycles. The quantitative estimate of drug-likeness (QED) is 0.401. The summed E-state index contributed by atoms with van der Waals surface area (Å²) in [6.07, 6.45) is 0. The van der Waals surface area contributed by atoms with Crippen molar-refractivity contribution in [3.8, 4) is 0 Å². The SMILES string of the molecule is Cc1ccc(C)c(N(CC(=O)Nc2ccc(S(=O)(=O)Nc3cc(Cl)ccc3C)cc2)S(=O)(=O)N(C)C)c1. The Kier molecular flexibility index (Phi) is 8.53. The zero-order valence-corrected chi connectivity index (χ0v) is 23.5. The second-order valence-electron chi connectivity index (χ2n) is 8.72. The third-order valence-corrected chi connectivity index (χ3v) is 8.97. The van der Waals surface area contributed by atoms with Crippen molar-refractivity contribution in [2.75, 3.05) is 35.0 Å². The second kappa shape index (κ2) is 11.1. The number of nitrogens with zero attached hydrogens (tertiary/aromatic N) is 2. The van der Waals surface area contributed by atoms with Crippen LogP contribution < -0.4 is 14.3 Å². The van der Waals surface area contributed by atoms with Crippen LogP contribution in [0.4, 0.5) is 17.1 Å². The Morgan fingerprint density at radius 2 is 1.49 bits per heavy atom. The molecule has 0 unspecified atom stereocenters. The molecule has 0 saturated heterocycles. The highest BCUT2D eigenvalue weighted by molar-refractivity contribution is 7.92. The molecule has 0 bridgehead atoms. The molecule has 3 aromatic rings. The summed E-state index contributed by atoms with van der Waals surface area (Å²) in [6, 6.07) is 15.8. The van der Waals surface area contributed by atoms with Crippen LogP contribution in [0.15, 0.2) is 65.6 Å². The van der Waals surface area contributed by atoms with Gasteiger partial charge >= 0.3 is 10.2 Å². The average Bonchev–Trinajstić information content (AvgIpc) is 2.81. The van der Waals surface area contributed by atoms with Gasteiger partial charge in [0.2, 0.25) is 5.91 Å². The highest BCUT2D eigenvalue weighted by Gasteiger charge is 2.28. The number of carbonyl (C=O) groups is 1. The molecule has 0 aromatic heterocycles. The van der Waals surface area contributed by atoms with Crippen molar-refractivity contribution in [3.05, 3.63) is 82.4 Å². The van der Waals surface area contributed by atoms with E-state index in [4.69, 9.17) is 11.6 Å². The van der Waals surface area contributed by atoms with Crippen LogP contribution >= 0.6 is 11.6 Å². The highest BCUT2D eigenvalue weighted by atomic mass is 35.5. The van der Waals surface area contributed by atoms with E-state index in [1.165, 1.54) is 44.4 Å². The molecule has 37 heavy (non-hydrogen) atoms. The summed E-state index contributed by atoms with van der Waals surface area (Å²) in [6.45, 7) is 4.88. The summed E-state index contributed by atoms with van der Waals surface area (Å²) in [4.78, 5) is 12.9. The molecule has 3 aromatic carbocycles. The molecule has 0 aliphatic rings. The first-order chi connectivity index (χ1) is 17.2. The van der Waals surface area contributed by atoms with Gasteiger partial charge < -0.3 is 5.32 Å². The van der Waals surface area contributed by atoms with Crippen molar-refractivity contribution in [3.63, 3.8) is 0 Å². The van der Waals surface area contributed by atoms with Gasteiger partial charge in [-0.05, 0) is 79.9 Å². The predicted molar refractivity (Wildman–Crippen MR) is 148 cm³/mol. The zero-order valence-electron chi connectivity index (χ0n) is 21.1. The number of amides is 1. The fraction of sp³-hybridized carbons (Fsp3) is 0.240. The molecule has 0 atom stereocenters. The minimum atomic E-state index is -3.97. The first-order valence-electron chi connectivity index (χ1n) is 11.2. The van der Waals surface area contributed by atoms with Gasteiger partial charge in [-0.15, -0.1) is 0 Å². The Labute approximate surface area is 223 Å². The molecule has 0 fully saturated rings. The first kappa shape index (κ1) is 28.5. The van der Waals surface area contributed by atoms with Crippen molar-refractivity contribution in [2.24, 2.45) is 0 Å². The lowest BCUT2D eigenvalue weighted by Crippen LogP contribution is -2.44. The maximum atomic E-state index is 13.0. The van der Waals surface area contributed by atoms with E-state index < -0.39 is 32.7 Å². The third-order valence-electron chi connectivity index (χ3n) is 5.55. The summed E-state index contributed by atoms with van der Waals surface area (Å²) in [5, 5.41) is 3.03. The Morgan fingerprint density at radius 3 is 2.11 bits per heavy atom. The molecule has 0 spiro atoms. The summed E-state index contributed by atoms with van der Waals surface area (Å²) in [7, 11) is -5.09. The van der Waals surface area contributed by atoms with E-state index in [1.807, 2.05) is 13.0 Å². The maximum Gasteiger partial charge on any atom is 0.304 e. The predicted octanol–water partition coefficient (Wildman–Crippen LogP) is 4.32. The number of rotatable bonds is 9. The van der Waals surface area contributed by atoms with Gasteiger partial charge in [0.1, 0.15) is 6.54 Å². The van der Waals surface area contributed by atoms with E-state index in [-0.39, 0.29) is 4.90 Å². The van der Waals surface area contributed by atoms with Gasteiger partial charge in [-0.3, -0.25) is 9.52 Å². The molecule has 198 valence electrons. The Morgan fingerprint density at radius 1 is 0.865 bits per heavy atom. The Bertz CT molecular complexity index is 1520. The molecule has 12 heteroatoms. The van der Waals surface area contributed by atoms with Gasteiger partial charge in [0, 0.05) is 24.8 Å². The summed E-state index contributed by atoms with van der Waals surface area (Å²) >= 11 is 5.98. The van der Waals surface area contributed by atoms with Crippen LogP contribution in [-0.2, 0) is 25.0 Å². The first-order valence-corrected chi connectivity index (χ1v) is 14.4. The molecule has 0 radical (unpaired) electrons. The van der Waals surface area contributed by atoms with E-state index in [0.29, 0.717) is 33.2 Å². The molecular weight excluding hydrogens is 536 g/mol. The number of halogens is 1. The van der Waals surface area contributed by atoms with Crippen LogP contribution in [-0.4, -0.2) is 47.7 Å². The van der Waals surface area contributed by atoms with Gasteiger partial charge in [0.05, 0.1) is 16.3 Å². The maximum absolute atomic E-state index is 13.0. The van der Waals surface area contributed by atoms with Gasteiger partial charge in [-0.2, -0.15) is 12.7 Å². The van der Waals surface area contributed by atoms with Crippen molar-refractivity contribution in [2.45, 2.75) is 25.7 Å². The number of sulfonamides is 1. The number of carbonyl (C=O) groups excluding carboxylic acids is 1. The monoisotopic (exact) mass is 564 g/mol. The summed E-state index contributed by atoms with van der Waals surface area (Å²) < 4.78 is 56.3. The van der Waals surface area contributed by atoms with E-state index >= 15 is 0 Å². The molecule has 9 nitrogen and oxygen atoms in total. The molecule has 2 N–H and O–H groups in total. The van der Waals surface area contributed by atoms with E-state index in [1.54, 1.807) is 38.1 Å². The van der Waals surface area contributed by atoms with Crippen LogP contribution in [0.3, 0.4) is 0 Å². The minimum absolute atomic E-state index is 0.0166. The Balaban J connectivity index is 1.79. The van der Waals surface area contributed by atoms with E-state index in [2.05, 4.69) is 10.0 Å². The lowest BCUT2D eigenvalue weighted by atomic mass is 10.1. The van der Waals surface area contributed by atoms with Gasteiger partial charge in [0.25, 0.3) is 10.0 Å². The lowest BCUT2D eigenvalue weighted by Gasteiger charge is -2.28. The van der Waals surface area contributed by atoms with E-state index in [9.17, 15) is 21.6 Å². The smallest absolute Gasteiger partial charge is 0.304 e. The van der Waals surface area contributed by atoms with Gasteiger partial charge in [-0.1, -0.05) is 29.8 Å². The summed E-state index contributed by atoms with van der Waals surface area (Å²) in [5.41, 5.74) is 3.31. The number of aryl methyl sites for hydroxylation is 3. The number of hydrogen-bond donors (Lipinski definition) is 2. The van der Waals surface area contributed by atoms with Gasteiger partial charge in [0.15, 0.2) is 0 Å². The molecular formula is C25H29ClN4O5S2. The summed E-state index contributed by atoms with van der Waals surface area (Å²) in [5.74, 6) is -0.588. The molecule has 0 aliphatic carbocycles. The lowest BCUT2D eigenvalue weighted by molar-refractivity contribution is -0.114.